The fraction of sp³-hybridized carbons (Fsp3) is 0.200. The molecule has 1 nitrogen and oxygen atoms in total. The maximum absolute atomic E-state index is 13.0. The smallest absolute Gasteiger partial charge is 0.163 e. The van der Waals surface area contributed by atoms with Crippen molar-refractivity contribution in [1.29, 1.82) is 0 Å². The lowest BCUT2D eigenvalue weighted by molar-refractivity contribution is 0.494. The fourth-order valence-corrected chi connectivity index (χ4v) is 0.994. The molecule has 0 heterocycles. The zero-order valence-corrected chi connectivity index (χ0v) is 7.19. The van der Waals surface area contributed by atoms with Crippen LogP contribution < -0.4 is 5.32 Å². The van der Waals surface area contributed by atoms with Gasteiger partial charge in [-0.05, 0) is 6.07 Å². The van der Waals surface area contributed by atoms with Gasteiger partial charge in [0, 0.05) is 18.7 Å². The first-order valence-corrected chi connectivity index (χ1v) is 4.00. The second-order valence-electron chi connectivity index (χ2n) is 2.63. The minimum atomic E-state index is -0.807. The van der Waals surface area contributed by atoms with E-state index in [0.717, 1.165) is 6.07 Å². The van der Waals surface area contributed by atoms with Gasteiger partial charge in [0.2, 0.25) is 0 Å². The summed E-state index contributed by atoms with van der Waals surface area (Å²) in [5.74, 6) is -1.59. The minimum absolute atomic E-state index is 0.315. The van der Waals surface area contributed by atoms with E-state index in [1.54, 1.807) is 12.1 Å². The second kappa shape index (κ2) is 4.72. The molecule has 0 aliphatic carbocycles. The Labute approximate surface area is 76.1 Å². The summed E-state index contributed by atoms with van der Waals surface area (Å²) < 4.78 is 25.7. The Morgan fingerprint density at radius 2 is 2.15 bits per heavy atom. The van der Waals surface area contributed by atoms with Crippen LogP contribution in [0.25, 0.3) is 0 Å². The summed E-state index contributed by atoms with van der Waals surface area (Å²) in [6.45, 7) is 4.40. The molecule has 70 valence electrons. The van der Waals surface area contributed by atoms with Crippen molar-refractivity contribution in [3.05, 3.63) is 48.1 Å². The van der Waals surface area contributed by atoms with Crippen LogP contribution in [0.15, 0.2) is 30.9 Å². The van der Waals surface area contributed by atoms with E-state index in [4.69, 9.17) is 0 Å². The van der Waals surface area contributed by atoms with E-state index in [-0.39, 0.29) is 0 Å². The Hall–Kier alpha value is -1.22. The summed E-state index contributed by atoms with van der Waals surface area (Å²) in [5.41, 5.74) is 0.335. The van der Waals surface area contributed by atoms with Crippen molar-refractivity contribution >= 4 is 0 Å². The SMILES string of the molecule is C=CCNCc1cccc(F)c1F. The molecular weight excluding hydrogens is 172 g/mol. The third-order valence-corrected chi connectivity index (χ3v) is 1.64. The van der Waals surface area contributed by atoms with Crippen LogP contribution in [-0.4, -0.2) is 6.54 Å². The first kappa shape index (κ1) is 9.86. The number of benzene rings is 1. The first-order valence-electron chi connectivity index (χ1n) is 4.00. The molecule has 0 aromatic heterocycles. The summed E-state index contributed by atoms with van der Waals surface area (Å²) >= 11 is 0. The molecule has 0 fully saturated rings. The van der Waals surface area contributed by atoms with Gasteiger partial charge in [-0.2, -0.15) is 0 Å². The fourth-order valence-electron chi connectivity index (χ4n) is 0.994. The molecule has 0 atom stereocenters. The molecule has 1 N–H and O–H groups in total. The van der Waals surface area contributed by atoms with Crippen molar-refractivity contribution in [2.24, 2.45) is 0 Å². The number of halogens is 2. The van der Waals surface area contributed by atoms with E-state index in [2.05, 4.69) is 11.9 Å². The highest BCUT2D eigenvalue weighted by atomic mass is 19.2. The van der Waals surface area contributed by atoms with Gasteiger partial charge in [-0.15, -0.1) is 6.58 Å². The van der Waals surface area contributed by atoms with E-state index in [1.807, 2.05) is 0 Å². The van der Waals surface area contributed by atoms with Crippen LogP contribution in [-0.2, 0) is 6.54 Å². The summed E-state index contributed by atoms with van der Waals surface area (Å²) in [6, 6.07) is 4.14. The number of rotatable bonds is 4. The zero-order valence-electron chi connectivity index (χ0n) is 7.19. The Morgan fingerprint density at radius 3 is 2.85 bits per heavy atom. The maximum atomic E-state index is 13.0. The lowest BCUT2D eigenvalue weighted by Crippen LogP contribution is -2.14. The van der Waals surface area contributed by atoms with E-state index in [1.165, 1.54) is 6.07 Å². The molecule has 13 heavy (non-hydrogen) atoms. The summed E-state index contributed by atoms with van der Waals surface area (Å²) in [7, 11) is 0. The molecule has 1 aromatic rings. The molecule has 0 bridgehead atoms. The van der Waals surface area contributed by atoms with Crippen LogP contribution in [0.2, 0.25) is 0 Å². The summed E-state index contributed by atoms with van der Waals surface area (Å²) in [4.78, 5) is 0. The summed E-state index contributed by atoms with van der Waals surface area (Å²) in [5, 5.41) is 2.89. The largest absolute Gasteiger partial charge is 0.309 e. The first-order chi connectivity index (χ1) is 6.25. The molecule has 0 spiro atoms. The Balaban J connectivity index is 2.65. The lowest BCUT2D eigenvalue weighted by Gasteiger charge is -2.03. The monoisotopic (exact) mass is 183 g/mol. The molecule has 0 unspecified atom stereocenters. The molecule has 3 heteroatoms. The second-order valence-corrected chi connectivity index (χ2v) is 2.63. The average molecular weight is 183 g/mol. The van der Waals surface area contributed by atoms with Gasteiger partial charge >= 0.3 is 0 Å². The number of hydrogen-bond acceptors (Lipinski definition) is 1. The highest BCUT2D eigenvalue weighted by Crippen LogP contribution is 2.10. The highest BCUT2D eigenvalue weighted by Gasteiger charge is 2.05. The van der Waals surface area contributed by atoms with Crippen LogP contribution in [0.5, 0.6) is 0 Å². The Morgan fingerprint density at radius 1 is 1.38 bits per heavy atom. The van der Waals surface area contributed by atoms with Crippen molar-refractivity contribution in [2.45, 2.75) is 6.54 Å². The van der Waals surface area contributed by atoms with E-state index < -0.39 is 11.6 Å². The van der Waals surface area contributed by atoms with Crippen LogP contribution >= 0.6 is 0 Å². The molecule has 0 saturated heterocycles. The average Bonchev–Trinajstić information content (AvgIpc) is 2.13. The zero-order chi connectivity index (χ0) is 9.68. The van der Waals surface area contributed by atoms with Crippen molar-refractivity contribution in [3.8, 4) is 0 Å². The van der Waals surface area contributed by atoms with Crippen molar-refractivity contribution in [2.75, 3.05) is 6.54 Å². The van der Waals surface area contributed by atoms with Crippen molar-refractivity contribution < 1.29 is 8.78 Å². The third-order valence-electron chi connectivity index (χ3n) is 1.64. The molecule has 0 amide bonds. The Kier molecular flexibility index (Phi) is 3.58. The van der Waals surface area contributed by atoms with Crippen molar-refractivity contribution in [1.82, 2.24) is 5.32 Å². The topological polar surface area (TPSA) is 12.0 Å². The number of hydrogen-bond donors (Lipinski definition) is 1. The van der Waals surface area contributed by atoms with Gasteiger partial charge in [0.25, 0.3) is 0 Å². The minimum Gasteiger partial charge on any atom is -0.309 e. The lowest BCUT2D eigenvalue weighted by atomic mass is 10.2. The van der Waals surface area contributed by atoms with Gasteiger partial charge in [0.05, 0.1) is 0 Å². The molecule has 1 rings (SSSR count). The molecule has 0 aliphatic rings. The van der Waals surface area contributed by atoms with Gasteiger partial charge in [0.1, 0.15) is 0 Å². The molecule has 0 radical (unpaired) electrons. The molecule has 1 aromatic carbocycles. The third kappa shape index (κ3) is 2.63. The molecular formula is C10H11F2N. The standard InChI is InChI=1S/C10H11F2N/c1-2-6-13-7-8-4-3-5-9(11)10(8)12/h2-5,13H,1,6-7H2. The Bertz CT molecular complexity index is 297. The van der Waals surface area contributed by atoms with Gasteiger partial charge in [-0.3, -0.25) is 0 Å². The summed E-state index contributed by atoms with van der Waals surface area (Å²) in [6.07, 6.45) is 1.66. The quantitative estimate of drug-likeness (QED) is 0.557. The van der Waals surface area contributed by atoms with E-state index in [9.17, 15) is 8.78 Å². The molecule has 0 saturated carbocycles. The van der Waals surface area contributed by atoms with E-state index >= 15 is 0 Å². The van der Waals surface area contributed by atoms with Crippen LogP contribution in [0.4, 0.5) is 8.78 Å². The van der Waals surface area contributed by atoms with Gasteiger partial charge < -0.3 is 5.32 Å². The predicted molar refractivity (Wildman–Crippen MR) is 48.3 cm³/mol. The van der Waals surface area contributed by atoms with Gasteiger partial charge in [-0.25, -0.2) is 8.78 Å². The predicted octanol–water partition coefficient (Wildman–Crippen LogP) is 2.24. The normalized spacial score (nSPS) is 10.0. The maximum Gasteiger partial charge on any atom is 0.163 e. The van der Waals surface area contributed by atoms with E-state index in [0.29, 0.717) is 18.7 Å². The van der Waals surface area contributed by atoms with Crippen molar-refractivity contribution in [3.63, 3.8) is 0 Å². The van der Waals surface area contributed by atoms with Gasteiger partial charge in [0.15, 0.2) is 11.6 Å². The number of nitrogens with one attached hydrogen (secondary N) is 1. The van der Waals surface area contributed by atoms with Crippen LogP contribution in [0.3, 0.4) is 0 Å². The van der Waals surface area contributed by atoms with Crippen LogP contribution in [0, 0.1) is 11.6 Å². The highest BCUT2D eigenvalue weighted by molar-refractivity contribution is 5.18. The van der Waals surface area contributed by atoms with Gasteiger partial charge in [-0.1, -0.05) is 18.2 Å². The molecule has 0 aliphatic heterocycles. The van der Waals surface area contributed by atoms with Crippen LogP contribution in [0.1, 0.15) is 5.56 Å².